The summed E-state index contributed by atoms with van der Waals surface area (Å²) in [7, 11) is 1.76. The molecule has 0 bridgehead atoms. The van der Waals surface area contributed by atoms with Gasteiger partial charge in [0.1, 0.15) is 5.82 Å². The Morgan fingerprint density at radius 2 is 1.92 bits per heavy atom. The maximum absolute atomic E-state index is 13.1. The van der Waals surface area contributed by atoms with Crippen LogP contribution in [0.25, 0.3) is 11.3 Å². The SMILES string of the molecule is CN(Cc1cn[nH]c1-c1ccc(F)cc1)C(=O)CSc1ccncc1. The summed E-state index contributed by atoms with van der Waals surface area (Å²) in [6.07, 6.45) is 5.10. The fourth-order valence-corrected chi connectivity index (χ4v) is 3.16. The monoisotopic (exact) mass is 356 g/mol. The number of aromatic amines is 1. The number of thioether (sulfide) groups is 1. The number of hydrogen-bond acceptors (Lipinski definition) is 4. The number of aromatic nitrogens is 3. The number of carbonyl (C=O) groups excluding carboxylic acids is 1. The highest BCUT2D eigenvalue weighted by molar-refractivity contribution is 8.00. The third kappa shape index (κ3) is 4.45. The first-order valence-corrected chi connectivity index (χ1v) is 8.67. The van der Waals surface area contributed by atoms with Crippen LogP contribution in [0.1, 0.15) is 5.56 Å². The van der Waals surface area contributed by atoms with Crippen molar-refractivity contribution in [2.45, 2.75) is 11.4 Å². The van der Waals surface area contributed by atoms with Gasteiger partial charge in [0.15, 0.2) is 0 Å². The number of pyridine rings is 1. The van der Waals surface area contributed by atoms with Crippen molar-refractivity contribution in [3.8, 4) is 11.3 Å². The van der Waals surface area contributed by atoms with Gasteiger partial charge in [-0.3, -0.25) is 14.9 Å². The van der Waals surface area contributed by atoms with Gasteiger partial charge in [-0.05, 0) is 36.4 Å². The van der Waals surface area contributed by atoms with Gasteiger partial charge in [-0.15, -0.1) is 11.8 Å². The van der Waals surface area contributed by atoms with Crippen LogP contribution in [0.2, 0.25) is 0 Å². The molecule has 0 atom stereocenters. The number of amides is 1. The van der Waals surface area contributed by atoms with Crippen molar-refractivity contribution < 1.29 is 9.18 Å². The van der Waals surface area contributed by atoms with Crippen molar-refractivity contribution in [3.63, 3.8) is 0 Å². The second-order valence-electron chi connectivity index (χ2n) is 5.50. The number of rotatable bonds is 6. The van der Waals surface area contributed by atoms with E-state index in [0.717, 1.165) is 21.7 Å². The highest BCUT2D eigenvalue weighted by atomic mass is 32.2. The summed E-state index contributed by atoms with van der Waals surface area (Å²) in [5, 5.41) is 6.98. The number of hydrogen-bond donors (Lipinski definition) is 1. The average Bonchev–Trinajstić information content (AvgIpc) is 3.09. The lowest BCUT2D eigenvalue weighted by molar-refractivity contribution is -0.127. The van der Waals surface area contributed by atoms with Crippen molar-refractivity contribution in [2.24, 2.45) is 0 Å². The fourth-order valence-electron chi connectivity index (χ4n) is 2.33. The largest absolute Gasteiger partial charge is 0.341 e. The number of halogens is 1. The molecule has 0 saturated heterocycles. The van der Waals surface area contributed by atoms with E-state index in [2.05, 4.69) is 15.2 Å². The zero-order valence-electron chi connectivity index (χ0n) is 13.6. The predicted molar refractivity (Wildman–Crippen MR) is 95.4 cm³/mol. The van der Waals surface area contributed by atoms with E-state index in [1.807, 2.05) is 12.1 Å². The minimum atomic E-state index is -0.287. The Kier molecular flexibility index (Phi) is 5.45. The molecule has 0 spiro atoms. The van der Waals surface area contributed by atoms with E-state index in [9.17, 15) is 9.18 Å². The maximum Gasteiger partial charge on any atom is 0.232 e. The molecule has 25 heavy (non-hydrogen) atoms. The average molecular weight is 356 g/mol. The molecular formula is C18H17FN4OS. The molecule has 1 aromatic carbocycles. The van der Waals surface area contributed by atoms with Crippen LogP contribution in [-0.2, 0) is 11.3 Å². The van der Waals surface area contributed by atoms with E-state index < -0.39 is 0 Å². The second-order valence-corrected chi connectivity index (χ2v) is 6.55. The zero-order chi connectivity index (χ0) is 17.6. The van der Waals surface area contributed by atoms with E-state index in [4.69, 9.17) is 0 Å². The standard InChI is InChI=1S/C18H17FN4OS/c1-23(17(24)12-25-16-6-8-20-9-7-16)11-14-10-21-22-18(14)13-2-4-15(19)5-3-13/h2-10H,11-12H2,1H3,(H,21,22). The van der Waals surface area contributed by atoms with Gasteiger partial charge in [-0.2, -0.15) is 5.10 Å². The van der Waals surface area contributed by atoms with Gasteiger partial charge in [0.25, 0.3) is 0 Å². The van der Waals surface area contributed by atoms with Crippen LogP contribution in [0.3, 0.4) is 0 Å². The summed E-state index contributed by atoms with van der Waals surface area (Å²) in [5.74, 6) is 0.0860. The fraction of sp³-hybridized carbons (Fsp3) is 0.167. The van der Waals surface area contributed by atoms with Crippen molar-refractivity contribution in [2.75, 3.05) is 12.8 Å². The van der Waals surface area contributed by atoms with Gasteiger partial charge < -0.3 is 4.90 Å². The van der Waals surface area contributed by atoms with Gasteiger partial charge in [0.2, 0.25) is 5.91 Å². The molecule has 128 valence electrons. The quantitative estimate of drug-likeness (QED) is 0.688. The third-order valence-corrected chi connectivity index (χ3v) is 4.69. The predicted octanol–water partition coefficient (Wildman–Crippen LogP) is 3.36. The lowest BCUT2D eigenvalue weighted by Gasteiger charge is -2.17. The number of benzene rings is 1. The minimum absolute atomic E-state index is 0.0214. The van der Waals surface area contributed by atoms with Crippen LogP contribution in [-0.4, -0.2) is 38.8 Å². The summed E-state index contributed by atoms with van der Waals surface area (Å²) < 4.78 is 13.1. The second kappa shape index (κ2) is 7.94. The Bertz CT molecular complexity index is 836. The van der Waals surface area contributed by atoms with Crippen molar-refractivity contribution in [3.05, 3.63) is 66.4 Å². The van der Waals surface area contributed by atoms with Crippen molar-refractivity contribution in [1.82, 2.24) is 20.1 Å². The molecule has 7 heteroatoms. The summed E-state index contributed by atoms with van der Waals surface area (Å²) in [4.78, 5) is 19.0. The van der Waals surface area contributed by atoms with Crippen LogP contribution in [0.5, 0.6) is 0 Å². The molecule has 2 aromatic heterocycles. The number of H-pyrrole nitrogens is 1. The van der Waals surface area contributed by atoms with Crippen LogP contribution in [0.15, 0.2) is 59.9 Å². The first-order chi connectivity index (χ1) is 12.1. The molecule has 0 radical (unpaired) electrons. The van der Waals surface area contributed by atoms with Crippen LogP contribution >= 0.6 is 11.8 Å². The third-order valence-electron chi connectivity index (χ3n) is 3.70. The lowest BCUT2D eigenvalue weighted by Crippen LogP contribution is -2.27. The molecule has 0 saturated carbocycles. The molecule has 0 aliphatic rings. The highest BCUT2D eigenvalue weighted by Gasteiger charge is 2.14. The number of nitrogens with zero attached hydrogens (tertiary/aromatic N) is 3. The molecule has 1 N–H and O–H groups in total. The van der Waals surface area contributed by atoms with E-state index >= 15 is 0 Å². The summed E-state index contributed by atoms with van der Waals surface area (Å²) in [6.45, 7) is 0.430. The molecule has 1 amide bonds. The van der Waals surface area contributed by atoms with Crippen LogP contribution in [0.4, 0.5) is 4.39 Å². The van der Waals surface area contributed by atoms with Gasteiger partial charge >= 0.3 is 0 Å². The smallest absolute Gasteiger partial charge is 0.232 e. The van der Waals surface area contributed by atoms with E-state index in [-0.39, 0.29) is 11.7 Å². The van der Waals surface area contributed by atoms with Gasteiger partial charge in [0, 0.05) is 42.0 Å². The van der Waals surface area contributed by atoms with Gasteiger partial charge in [-0.25, -0.2) is 4.39 Å². The zero-order valence-corrected chi connectivity index (χ0v) is 14.5. The number of carbonyl (C=O) groups is 1. The van der Waals surface area contributed by atoms with Crippen molar-refractivity contribution >= 4 is 17.7 Å². The summed E-state index contributed by atoms with van der Waals surface area (Å²) in [5.41, 5.74) is 2.51. The first kappa shape index (κ1) is 17.2. The molecule has 2 heterocycles. The lowest BCUT2D eigenvalue weighted by atomic mass is 10.1. The van der Waals surface area contributed by atoms with Gasteiger partial charge in [-0.1, -0.05) is 0 Å². The van der Waals surface area contributed by atoms with E-state index in [0.29, 0.717) is 12.3 Å². The minimum Gasteiger partial charge on any atom is -0.341 e. The molecule has 0 unspecified atom stereocenters. The Labute approximate surface area is 149 Å². The summed E-state index contributed by atoms with van der Waals surface area (Å²) in [6, 6.07) is 9.93. The maximum atomic E-state index is 13.1. The molecule has 3 rings (SSSR count). The molecule has 0 fully saturated rings. The Balaban J connectivity index is 1.63. The Morgan fingerprint density at radius 1 is 1.20 bits per heavy atom. The molecule has 5 nitrogen and oxygen atoms in total. The Hall–Kier alpha value is -2.67. The molecule has 0 aliphatic heterocycles. The van der Waals surface area contributed by atoms with Crippen LogP contribution in [0, 0.1) is 5.82 Å². The van der Waals surface area contributed by atoms with Crippen LogP contribution < -0.4 is 0 Å². The first-order valence-electron chi connectivity index (χ1n) is 7.68. The Morgan fingerprint density at radius 3 is 2.64 bits per heavy atom. The van der Waals surface area contributed by atoms with Gasteiger partial charge in [0.05, 0.1) is 17.6 Å². The summed E-state index contributed by atoms with van der Waals surface area (Å²) >= 11 is 1.48. The van der Waals surface area contributed by atoms with Crippen molar-refractivity contribution in [1.29, 1.82) is 0 Å². The normalized spacial score (nSPS) is 10.6. The van der Waals surface area contributed by atoms with E-state index in [1.165, 1.54) is 23.9 Å². The number of nitrogens with one attached hydrogen (secondary N) is 1. The van der Waals surface area contributed by atoms with E-state index in [1.54, 1.807) is 42.7 Å². The topological polar surface area (TPSA) is 61.9 Å². The molecular weight excluding hydrogens is 339 g/mol. The highest BCUT2D eigenvalue weighted by Crippen LogP contribution is 2.23. The molecule has 0 aliphatic carbocycles. The molecule has 3 aromatic rings.